The van der Waals surface area contributed by atoms with Crippen molar-refractivity contribution < 1.29 is 38.1 Å². The lowest BCUT2D eigenvalue weighted by atomic mass is 9.88. The van der Waals surface area contributed by atoms with Crippen molar-refractivity contribution in [1.82, 2.24) is 10.6 Å². The van der Waals surface area contributed by atoms with E-state index in [1.165, 1.54) is 96.7 Å². The predicted molar refractivity (Wildman–Crippen MR) is 342 cm³/mol. The number of nitrogens with one attached hydrogen (secondary N) is 2. The summed E-state index contributed by atoms with van der Waals surface area (Å²) in [6, 6.07) is 39.0. The van der Waals surface area contributed by atoms with E-state index in [9.17, 15) is 19.2 Å². The SMILES string of the molecule is CC[Si](CC)(CC)CCCC(CCC[Si](CC)(CC)CC)(NC(=O)OCc1ccccc1)C(=O)OC(C)(C)C.CC[Si](CC)(CC)CCCC(CCC[Si](CC)(CC)CC)(NC(=O)OCc1ccccc1)C(=O)OC(C)(C)C. The second-order valence-corrected chi connectivity index (χ2v) is 47.7. The second-order valence-electron chi connectivity index (χ2n) is 25.2. The van der Waals surface area contributed by atoms with Crippen molar-refractivity contribution in [1.29, 1.82) is 0 Å². The van der Waals surface area contributed by atoms with E-state index in [0.717, 1.165) is 36.8 Å². The molecule has 2 amide bonds. The minimum absolute atomic E-state index is 0.173. The molecule has 0 aliphatic carbocycles. The van der Waals surface area contributed by atoms with Gasteiger partial charge in [0.15, 0.2) is 0 Å². The van der Waals surface area contributed by atoms with Gasteiger partial charge in [-0.3, -0.25) is 0 Å². The first-order chi connectivity index (χ1) is 36.8. The zero-order chi connectivity index (χ0) is 59.2. The van der Waals surface area contributed by atoms with Crippen LogP contribution < -0.4 is 10.6 Å². The van der Waals surface area contributed by atoms with Crippen LogP contribution in [0.1, 0.15) is 187 Å². The molecule has 2 N–H and O–H groups in total. The number of hydrogen-bond acceptors (Lipinski definition) is 8. The molecule has 2 aromatic rings. The molecule has 0 spiro atoms. The Balaban J connectivity index is 0.000000780. The highest BCUT2D eigenvalue weighted by Crippen LogP contribution is 2.37. The van der Waals surface area contributed by atoms with Crippen LogP contribution in [0.2, 0.25) is 96.7 Å². The van der Waals surface area contributed by atoms with Crippen molar-refractivity contribution in [3.05, 3.63) is 71.8 Å². The number of esters is 2. The van der Waals surface area contributed by atoms with Crippen LogP contribution in [0.5, 0.6) is 0 Å². The van der Waals surface area contributed by atoms with E-state index in [4.69, 9.17) is 18.9 Å². The largest absolute Gasteiger partial charge is 0.458 e. The van der Waals surface area contributed by atoms with Crippen LogP contribution in [0.25, 0.3) is 0 Å². The summed E-state index contributed by atoms with van der Waals surface area (Å²) in [5, 5.41) is 6.20. The van der Waals surface area contributed by atoms with E-state index in [1.54, 1.807) is 0 Å². The van der Waals surface area contributed by atoms with Crippen LogP contribution in [0.3, 0.4) is 0 Å². The summed E-state index contributed by atoms with van der Waals surface area (Å²) in [5.41, 5.74) is -1.59. The maximum Gasteiger partial charge on any atom is 0.408 e. The molecule has 0 atom stereocenters. The molecule has 10 nitrogen and oxygen atoms in total. The van der Waals surface area contributed by atoms with Crippen LogP contribution in [-0.2, 0) is 41.8 Å². The van der Waals surface area contributed by atoms with E-state index < -0.39 is 66.8 Å². The average molecular weight is 1160 g/mol. The Bertz CT molecular complexity index is 1750. The molecular weight excluding hydrogens is 1040 g/mol. The normalized spacial score (nSPS) is 12.7. The Morgan fingerprint density at radius 3 is 0.782 bits per heavy atom. The smallest absolute Gasteiger partial charge is 0.408 e. The van der Waals surface area contributed by atoms with Crippen LogP contribution in [0.15, 0.2) is 60.7 Å². The number of amides is 2. The fourth-order valence-electron chi connectivity index (χ4n) is 11.9. The first kappa shape index (κ1) is 72.8. The first-order valence-electron chi connectivity index (χ1n) is 31.2. The molecule has 2 rings (SSSR count). The lowest BCUT2D eigenvalue weighted by Crippen LogP contribution is -2.57. The fourth-order valence-corrected chi connectivity index (χ4v) is 25.8. The standard InChI is InChI=1S/2C32H59NO4Si2/c2*1-10-38(11-2,12-3)25-19-23-32(29(34)37-31(7,8)9,24-20-26-39(13-4,14-5)15-6)33-30(35)36-27-28-21-17-16-18-22-28/h2*16-18,21-22H,10-15,19-20,23-27H2,1-9H3,(H,33,35). The number of carbonyl (C=O) groups is 4. The van der Waals surface area contributed by atoms with Gasteiger partial charge in [-0.2, -0.15) is 0 Å². The summed E-state index contributed by atoms with van der Waals surface area (Å²) in [6.45, 7) is 39.6. The molecule has 0 bridgehead atoms. The van der Waals surface area contributed by atoms with Gasteiger partial charge >= 0.3 is 24.1 Å². The molecule has 0 aromatic heterocycles. The third kappa shape index (κ3) is 24.9. The maximum absolute atomic E-state index is 13.9. The van der Waals surface area contributed by atoms with Crippen LogP contribution >= 0.6 is 0 Å². The molecule has 14 heteroatoms. The Hall–Kier alpha value is -3.21. The van der Waals surface area contributed by atoms with Crippen molar-refractivity contribution >= 4 is 56.4 Å². The van der Waals surface area contributed by atoms with Gasteiger partial charge in [-0.15, -0.1) is 0 Å². The number of ether oxygens (including phenoxy) is 4. The van der Waals surface area contributed by atoms with Gasteiger partial charge in [-0.25, -0.2) is 19.2 Å². The highest BCUT2D eigenvalue weighted by Gasteiger charge is 2.46. The summed E-state index contributed by atoms with van der Waals surface area (Å²) in [6.07, 6.45) is 4.95. The van der Waals surface area contributed by atoms with Crippen LogP contribution in [0, 0.1) is 0 Å². The van der Waals surface area contributed by atoms with Crippen molar-refractivity contribution in [2.45, 2.75) is 308 Å². The van der Waals surface area contributed by atoms with Gasteiger partial charge in [0.05, 0.1) is 32.3 Å². The molecule has 0 aliphatic rings. The van der Waals surface area contributed by atoms with Gasteiger partial charge < -0.3 is 29.6 Å². The second kappa shape index (κ2) is 35.6. The molecule has 78 heavy (non-hydrogen) atoms. The van der Waals surface area contributed by atoms with Gasteiger partial charge in [-0.05, 0) is 78.4 Å². The molecule has 0 saturated heterocycles. The van der Waals surface area contributed by atoms with E-state index in [-0.39, 0.29) is 25.2 Å². The van der Waals surface area contributed by atoms with Gasteiger partial charge in [-0.1, -0.05) is 266 Å². The summed E-state index contributed by atoms with van der Waals surface area (Å²) in [5.74, 6) is -0.639. The van der Waals surface area contributed by atoms with Gasteiger partial charge in [0.1, 0.15) is 35.5 Å². The molecule has 0 radical (unpaired) electrons. The monoisotopic (exact) mass is 1150 g/mol. The zero-order valence-electron chi connectivity index (χ0n) is 53.4. The lowest BCUT2D eigenvalue weighted by molar-refractivity contribution is -0.164. The zero-order valence-corrected chi connectivity index (χ0v) is 57.4. The Kier molecular flexibility index (Phi) is 33.2. The number of benzene rings is 2. The molecule has 2 aromatic carbocycles. The molecule has 0 unspecified atom stereocenters. The van der Waals surface area contributed by atoms with Gasteiger partial charge in [0, 0.05) is 0 Å². The van der Waals surface area contributed by atoms with Crippen molar-refractivity contribution in [3.63, 3.8) is 0 Å². The van der Waals surface area contributed by atoms with Crippen LogP contribution in [-0.4, -0.2) is 78.7 Å². The molecule has 448 valence electrons. The van der Waals surface area contributed by atoms with Crippen LogP contribution in [0.4, 0.5) is 9.59 Å². The minimum Gasteiger partial charge on any atom is -0.458 e. The molecule has 0 fully saturated rings. The Morgan fingerprint density at radius 2 is 0.590 bits per heavy atom. The molecule has 0 heterocycles. The Morgan fingerprint density at radius 1 is 0.372 bits per heavy atom. The maximum atomic E-state index is 13.9. The lowest BCUT2D eigenvalue weighted by Gasteiger charge is -2.37. The average Bonchev–Trinajstić information content (AvgIpc) is 3.42. The topological polar surface area (TPSA) is 129 Å². The van der Waals surface area contributed by atoms with Crippen molar-refractivity contribution in [2.75, 3.05) is 0 Å². The number of hydrogen-bond donors (Lipinski definition) is 2. The molecular formula is C64H118N2O8Si4. The molecule has 0 saturated carbocycles. The quantitative estimate of drug-likeness (QED) is 0.0392. The van der Waals surface area contributed by atoms with E-state index in [2.05, 4.69) is 93.7 Å². The number of alkyl carbamates (subject to hydrolysis) is 2. The van der Waals surface area contributed by atoms with Gasteiger partial charge in [0.25, 0.3) is 0 Å². The fraction of sp³-hybridized carbons (Fsp3) is 0.750. The number of carbonyl (C=O) groups excluding carboxylic acids is 4. The van der Waals surface area contributed by atoms with Crippen molar-refractivity contribution in [2.24, 2.45) is 0 Å². The summed E-state index contributed by atoms with van der Waals surface area (Å²) in [7, 11) is -5.46. The third-order valence-electron chi connectivity index (χ3n) is 18.9. The first-order valence-corrected chi connectivity index (χ1v) is 42.5. The Labute approximate surface area is 482 Å². The van der Waals surface area contributed by atoms with Gasteiger partial charge in [0.2, 0.25) is 0 Å². The summed E-state index contributed by atoms with van der Waals surface area (Å²) >= 11 is 0. The summed E-state index contributed by atoms with van der Waals surface area (Å²) < 4.78 is 23.3. The van der Waals surface area contributed by atoms with E-state index >= 15 is 0 Å². The van der Waals surface area contributed by atoms with E-state index in [1.807, 2.05) is 102 Å². The number of rotatable bonds is 36. The third-order valence-corrected chi connectivity index (χ3v) is 42.6. The highest BCUT2D eigenvalue weighted by atomic mass is 28.3. The van der Waals surface area contributed by atoms with E-state index in [0.29, 0.717) is 25.7 Å². The summed E-state index contributed by atoms with van der Waals surface area (Å²) in [4.78, 5) is 54.4. The molecule has 0 aliphatic heterocycles. The minimum atomic E-state index is -1.37. The predicted octanol–water partition coefficient (Wildman–Crippen LogP) is 19.1. The highest BCUT2D eigenvalue weighted by molar-refractivity contribution is 6.80. The van der Waals surface area contributed by atoms with Crippen molar-refractivity contribution in [3.8, 4) is 0 Å².